The second-order valence-electron chi connectivity index (χ2n) is 18.9. The fraction of sp³-hybridized carbons (Fsp3) is 0.974. The minimum absolute atomic E-state index is 0.0435. The summed E-state index contributed by atoms with van der Waals surface area (Å²) in [6, 6.07) is 3.53. The molecular weight excluding hydrogens is 533 g/mol. The standard InChI is InChI=1S/C38H66O3Si/c1-13-42(14-2,15-3)41-32-30-29(24(4)22-26(40-30)31(39)33(6,7)8)35(11)20-21-38-23-37(38)19-18-25(5)34(9,10)27(37)16-17-28(38)36(32,35)12/h24-30,32H,13-23H2,1-12H3/t24?,25-,26+,27-,28-,29?,30-,32-,35+,36+,37?,38-/m0/s1. The van der Waals surface area contributed by atoms with Gasteiger partial charge < -0.3 is 9.16 Å². The molecule has 240 valence electrons. The Morgan fingerprint density at radius 3 is 2.07 bits per heavy atom. The zero-order valence-electron chi connectivity index (χ0n) is 29.6. The van der Waals surface area contributed by atoms with E-state index in [0.29, 0.717) is 39.8 Å². The fourth-order valence-electron chi connectivity index (χ4n) is 13.6. The topological polar surface area (TPSA) is 35.5 Å². The van der Waals surface area contributed by atoms with E-state index in [-0.39, 0.29) is 34.6 Å². The molecule has 5 aliphatic carbocycles. The van der Waals surface area contributed by atoms with Crippen LogP contribution in [-0.2, 0) is 14.0 Å². The molecule has 6 rings (SSSR count). The molecule has 6 fully saturated rings. The second-order valence-corrected chi connectivity index (χ2v) is 23.6. The Morgan fingerprint density at radius 2 is 1.48 bits per heavy atom. The third-order valence-electron chi connectivity index (χ3n) is 16.7. The summed E-state index contributed by atoms with van der Waals surface area (Å²) < 4.78 is 15.0. The van der Waals surface area contributed by atoms with Gasteiger partial charge in [0.05, 0.1) is 12.2 Å². The van der Waals surface area contributed by atoms with E-state index in [9.17, 15) is 4.79 Å². The minimum Gasteiger partial charge on any atom is -0.411 e. The van der Waals surface area contributed by atoms with E-state index in [1.165, 1.54) is 63.1 Å². The van der Waals surface area contributed by atoms with Crippen molar-refractivity contribution in [1.29, 1.82) is 0 Å². The first-order valence-corrected chi connectivity index (χ1v) is 20.9. The Kier molecular flexibility index (Phi) is 7.31. The maximum atomic E-state index is 13.8. The molecular formula is C38H66O3Si. The third-order valence-corrected chi connectivity index (χ3v) is 21.3. The molecule has 1 heterocycles. The van der Waals surface area contributed by atoms with Crippen LogP contribution in [0.1, 0.15) is 134 Å². The quantitative estimate of drug-likeness (QED) is 0.285. The molecule has 4 heteroatoms. The van der Waals surface area contributed by atoms with E-state index < -0.39 is 8.32 Å². The Hall–Kier alpha value is -0.193. The summed E-state index contributed by atoms with van der Waals surface area (Å²) in [5.74, 6) is 3.66. The van der Waals surface area contributed by atoms with Gasteiger partial charge in [0.2, 0.25) is 0 Å². The molecule has 3 unspecified atom stereocenters. The van der Waals surface area contributed by atoms with E-state index in [1.54, 1.807) is 0 Å². The summed E-state index contributed by atoms with van der Waals surface area (Å²) in [5.41, 5.74) is 1.40. The Balaban J connectivity index is 1.46. The van der Waals surface area contributed by atoms with Gasteiger partial charge in [0.15, 0.2) is 14.1 Å². The number of hydrogen-bond acceptors (Lipinski definition) is 3. The van der Waals surface area contributed by atoms with Crippen LogP contribution in [0.2, 0.25) is 18.1 Å². The zero-order valence-corrected chi connectivity index (χ0v) is 30.6. The molecule has 3 nitrogen and oxygen atoms in total. The molecule has 5 saturated carbocycles. The molecule has 0 radical (unpaired) electrons. The predicted molar refractivity (Wildman–Crippen MR) is 176 cm³/mol. The van der Waals surface area contributed by atoms with E-state index >= 15 is 0 Å². The third kappa shape index (κ3) is 3.79. The Labute approximate surface area is 260 Å². The lowest BCUT2D eigenvalue weighted by Crippen LogP contribution is -2.60. The lowest BCUT2D eigenvalue weighted by atomic mass is 9.41. The van der Waals surface area contributed by atoms with Crippen LogP contribution in [0.5, 0.6) is 0 Å². The highest BCUT2D eigenvalue weighted by atomic mass is 28.4. The van der Waals surface area contributed by atoms with Gasteiger partial charge in [-0.05, 0) is 121 Å². The molecule has 0 bridgehead atoms. The van der Waals surface area contributed by atoms with Crippen molar-refractivity contribution in [3.05, 3.63) is 0 Å². The van der Waals surface area contributed by atoms with Crippen molar-refractivity contribution in [3.8, 4) is 0 Å². The average molecular weight is 599 g/mol. The summed E-state index contributed by atoms with van der Waals surface area (Å²) in [6.45, 7) is 29.0. The lowest BCUT2D eigenvalue weighted by molar-refractivity contribution is -0.172. The maximum Gasteiger partial charge on any atom is 0.192 e. The monoisotopic (exact) mass is 598 g/mol. The van der Waals surface area contributed by atoms with Gasteiger partial charge in [-0.15, -0.1) is 0 Å². The van der Waals surface area contributed by atoms with Crippen molar-refractivity contribution in [3.63, 3.8) is 0 Å². The molecule has 1 aliphatic heterocycles. The van der Waals surface area contributed by atoms with Gasteiger partial charge in [0, 0.05) is 10.8 Å². The van der Waals surface area contributed by atoms with Gasteiger partial charge in [-0.3, -0.25) is 4.79 Å². The van der Waals surface area contributed by atoms with Gasteiger partial charge in [0.1, 0.15) is 6.10 Å². The Morgan fingerprint density at radius 1 is 0.881 bits per heavy atom. The van der Waals surface area contributed by atoms with Gasteiger partial charge in [-0.25, -0.2) is 0 Å². The van der Waals surface area contributed by atoms with Crippen LogP contribution in [0.25, 0.3) is 0 Å². The summed E-state index contributed by atoms with van der Waals surface area (Å²) >= 11 is 0. The molecule has 0 aromatic carbocycles. The smallest absolute Gasteiger partial charge is 0.192 e. The normalized spacial score (nSPS) is 51.0. The van der Waals surface area contributed by atoms with Crippen LogP contribution in [-0.4, -0.2) is 32.4 Å². The largest absolute Gasteiger partial charge is 0.411 e. The SMILES string of the molecule is CC[Si](CC)(CC)O[C@H]1[C@H]2O[C@@H](C(=O)C(C)(C)C)CC(C)C2[C@@]2(C)CC[C@@]34CC35CC[C@H](C)C(C)(C)[C@@H]5CC[C@H]4[C@]12C. The number of hydrogen-bond donors (Lipinski definition) is 0. The molecule has 0 N–H and O–H groups in total. The van der Waals surface area contributed by atoms with Crippen molar-refractivity contribution in [2.24, 2.45) is 62.1 Å². The Bertz CT molecular complexity index is 1080. The molecule has 1 saturated heterocycles. The maximum absolute atomic E-state index is 13.8. The summed E-state index contributed by atoms with van der Waals surface area (Å²) in [4.78, 5) is 13.8. The van der Waals surface area contributed by atoms with Crippen molar-refractivity contribution < 1.29 is 14.0 Å². The number of carbonyl (C=O) groups excluding carboxylic acids is 1. The van der Waals surface area contributed by atoms with E-state index in [0.717, 1.165) is 18.3 Å². The first-order valence-electron chi connectivity index (χ1n) is 18.3. The van der Waals surface area contributed by atoms with Crippen molar-refractivity contribution in [2.45, 2.75) is 171 Å². The van der Waals surface area contributed by atoms with Crippen molar-refractivity contribution in [2.75, 3.05) is 0 Å². The van der Waals surface area contributed by atoms with Crippen LogP contribution in [0.3, 0.4) is 0 Å². The average Bonchev–Trinajstić information content (AvgIpc) is 3.56. The van der Waals surface area contributed by atoms with Crippen LogP contribution in [0, 0.1) is 62.1 Å². The molecule has 42 heavy (non-hydrogen) atoms. The highest BCUT2D eigenvalue weighted by Crippen LogP contribution is 2.89. The lowest BCUT2D eigenvalue weighted by Gasteiger charge is -2.64. The number of ketones is 1. The molecule has 0 aromatic rings. The van der Waals surface area contributed by atoms with Crippen molar-refractivity contribution in [1.82, 2.24) is 0 Å². The number of fused-ring (bicyclic) bond motifs is 4. The number of rotatable bonds is 6. The summed E-state index contributed by atoms with van der Waals surface area (Å²) in [7, 11) is -1.92. The number of Topliss-reactive ketones (excluding diaryl/α,β-unsaturated/α-hetero) is 1. The van der Waals surface area contributed by atoms with Crippen LogP contribution < -0.4 is 0 Å². The molecule has 6 aliphatic rings. The van der Waals surface area contributed by atoms with Crippen LogP contribution >= 0.6 is 0 Å². The predicted octanol–water partition coefficient (Wildman–Crippen LogP) is 10.1. The summed E-state index contributed by atoms with van der Waals surface area (Å²) in [5, 5.41) is 0. The number of ether oxygens (including phenoxy) is 1. The van der Waals surface area contributed by atoms with E-state index in [2.05, 4.69) is 83.1 Å². The molecule has 2 spiro atoms. The first-order chi connectivity index (χ1) is 19.4. The van der Waals surface area contributed by atoms with Crippen molar-refractivity contribution >= 4 is 14.1 Å². The molecule has 0 aromatic heterocycles. The molecule has 0 amide bonds. The highest BCUT2D eigenvalue weighted by molar-refractivity contribution is 6.73. The van der Waals surface area contributed by atoms with E-state index in [4.69, 9.17) is 9.16 Å². The number of carbonyl (C=O) groups is 1. The minimum atomic E-state index is -1.92. The van der Waals surface area contributed by atoms with Gasteiger partial charge >= 0.3 is 0 Å². The first kappa shape index (κ1) is 31.8. The van der Waals surface area contributed by atoms with Gasteiger partial charge in [-0.1, -0.05) is 83.1 Å². The van der Waals surface area contributed by atoms with Crippen LogP contribution in [0.4, 0.5) is 0 Å². The summed E-state index contributed by atoms with van der Waals surface area (Å²) in [6.07, 6.45) is 10.6. The zero-order chi connectivity index (χ0) is 30.9. The second kappa shape index (κ2) is 9.66. The van der Waals surface area contributed by atoms with Crippen LogP contribution in [0.15, 0.2) is 0 Å². The fourth-order valence-corrected chi connectivity index (χ4v) is 16.5. The van der Waals surface area contributed by atoms with Gasteiger partial charge in [0.25, 0.3) is 0 Å². The van der Waals surface area contributed by atoms with Gasteiger partial charge in [-0.2, -0.15) is 0 Å². The highest BCUT2D eigenvalue weighted by Gasteiger charge is 2.84. The van der Waals surface area contributed by atoms with E-state index in [1.807, 2.05) is 0 Å². The molecule has 12 atom stereocenters.